The Hall–Kier alpha value is -3.32. The van der Waals surface area contributed by atoms with Crippen LogP contribution < -0.4 is 10.2 Å². The summed E-state index contributed by atoms with van der Waals surface area (Å²) in [4.78, 5) is 15.8. The summed E-state index contributed by atoms with van der Waals surface area (Å²) in [5, 5.41) is 14.4. The Morgan fingerprint density at radius 3 is 2.61 bits per heavy atom. The van der Waals surface area contributed by atoms with Gasteiger partial charge in [0.25, 0.3) is 0 Å². The minimum atomic E-state index is -0.482. The van der Waals surface area contributed by atoms with Gasteiger partial charge >= 0.3 is 0 Å². The zero-order chi connectivity index (χ0) is 23.4. The number of ether oxygens (including phenoxy) is 1. The van der Waals surface area contributed by atoms with E-state index in [1.807, 2.05) is 25.1 Å². The average Bonchev–Trinajstić information content (AvgIpc) is 3.26. The Bertz CT molecular complexity index is 1090. The molecule has 6 nitrogen and oxygen atoms in total. The van der Waals surface area contributed by atoms with Gasteiger partial charge in [-0.25, -0.2) is 4.39 Å². The number of aromatic hydroxyl groups is 1. The van der Waals surface area contributed by atoms with Crippen LogP contribution in [0.15, 0.2) is 54.2 Å². The molecule has 0 aliphatic carbocycles. The van der Waals surface area contributed by atoms with Crippen LogP contribution in [0.3, 0.4) is 0 Å². The molecule has 0 saturated carbocycles. The van der Waals surface area contributed by atoms with E-state index in [9.17, 15) is 14.3 Å². The van der Waals surface area contributed by atoms with Gasteiger partial charge in [-0.1, -0.05) is 24.3 Å². The van der Waals surface area contributed by atoms with Crippen molar-refractivity contribution in [3.8, 4) is 16.9 Å². The van der Waals surface area contributed by atoms with Gasteiger partial charge in [0, 0.05) is 56.5 Å². The number of phenols is 1. The molecule has 33 heavy (non-hydrogen) atoms. The van der Waals surface area contributed by atoms with Crippen molar-refractivity contribution < 1.29 is 19.0 Å². The second-order valence-corrected chi connectivity index (χ2v) is 8.18. The number of amides is 1. The number of piperazine rings is 1. The Labute approximate surface area is 194 Å². The average molecular weight is 452 g/mol. The summed E-state index contributed by atoms with van der Waals surface area (Å²) in [6.45, 7) is 6.12. The lowest BCUT2D eigenvalue weighted by Gasteiger charge is -2.30. The van der Waals surface area contributed by atoms with Crippen LogP contribution in [0.1, 0.15) is 25.3 Å². The SMILES string of the molecule is C/C=C(\C=C(/OC)c1cccc(-c2ccc(N3CCCC3=O)c(F)c2)c1O)N1CCNCC1. The van der Waals surface area contributed by atoms with Crippen molar-refractivity contribution in [2.75, 3.05) is 44.7 Å². The standard InChI is InChI=1S/C26H30FN3O3/c1-3-19(29-14-11-28-12-15-29)17-24(33-2)21-7-4-6-20(26(21)32)18-9-10-23(22(27)16-18)30-13-5-8-25(30)31/h3-4,6-7,9-10,16-17,28,32H,5,8,11-15H2,1-2H3/b19-3+,24-17-. The monoisotopic (exact) mass is 451 g/mol. The van der Waals surface area contributed by atoms with Crippen molar-refractivity contribution in [3.05, 3.63) is 65.6 Å². The number of phenolic OH excluding ortho intramolecular Hbond substituents is 1. The summed E-state index contributed by atoms with van der Waals surface area (Å²) >= 11 is 0. The molecule has 2 aromatic carbocycles. The lowest BCUT2D eigenvalue weighted by Crippen LogP contribution is -2.42. The summed E-state index contributed by atoms with van der Waals surface area (Å²) in [5.41, 5.74) is 2.86. The Morgan fingerprint density at radius 1 is 1.18 bits per heavy atom. The van der Waals surface area contributed by atoms with E-state index in [1.165, 1.54) is 11.0 Å². The van der Waals surface area contributed by atoms with E-state index in [-0.39, 0.29) is 17.3 Å². The highest BCUT2D eigenvalue weighted by atomic mass is 19.1. The van der Waals surface area contributed by atoms with E-state index in [0.29, 0.717) is 35.4 Å². The van der Waals surface area contributed by atoms with E-state index in [0.717, 1.165) is 38.3 Å². The van der Waals surface area contributed by atoms with Crippen LogP contribution in [-0.4, -0.2) is 55.7 Å². The van der Waals surface area contributed by atoms with Crippen LogP contribution in [0.4, 0.5) is 10.1 Å². The van der Waals surface area contributed by atoms with Crippen LogP contribution in [-0.2, 0) is 9.53 Å². The molecule has 2 aromatic rings. The van der Waals surface area contributed by atoms with E-state index in [2.05, 4.69) is 10.2 Å². The highest BCUT2D eigenvalue weighted by molar-refractivity contribution is 5.95. The number of halogens is 1. The molecule has 4 rings (SSSR count). The van der Waals surface area contributed by atoms with Gasteiger partial charge < -0.3 is 25.0 Å². The fourth-order valence-corrected chi connectivity index (χ4v) is 4.43. The third-order valence-corrected chi connectivity index (χ3v) is 6.20. The number of rotatable bonds is 6. The largest absolute Gasteiger partial charge is 0.507 e. The summed E-state index contributed by atoms with van der Waals surface area (Å²) in [6, 6.07) is 10.1. The molecule has 2 heterocycles. The zero-order valence-electron chi connectivity index (χ0n) is 19.1. The van der Waals surface area contributed by atoms with Crippen LogP contribution >= 0.6 is 0 Å². The van der Waals surface area contributed by atoms with Gasteiger partial charge in [0.1, 0.15) is 17.3 Å². The topological polar surface area (TPSA) is 65.0 Å². The molecule has 0 aromatic heterocycles. The molecule has 0 atom stereocenters. The lowest BCUT2D eigenvalue weighted by atomic mass is 9.99. The minimum absolute atomic E-state index is 0.0192. The lowest BCUT2D eigenvalue weighted by molar-refractivity contribution is -0.117. The Balaban J connectivity index is 1.67. The van der Waals surface area contributed by atoms with Crippen LogP contribution in [0, 0.1) is 5.82 Å². The molecular formula is C26H30FN3O3. The maximum Gasteiger partial charge on any atom is 0.227 e. The van der Waals surface area contributed by atoms with Gasteiger partial charge in [-0.05, 0) is 37.1 Å². The Morgan fingerprint density at radius 2 is 1.97 bits per heavy atom. The minimum Gasteiger partial charge on any atom is -0.507 e. The number of anilines is 1. The second-order valence-electron chi connectivity index (χ2n) is 8.18. The molecule has 0 unspecified atom stereocenters. The molecular weight excluding hydrogens is 421 g/mol. The van der Waals surface area contributed by atoms with Crippen molar-refractivity contribution in [3.63, 3.8) is 0 Å². The van der Waals surface area contributed by atoms with E-state index >= 15 is 0 Å². The first kappa shape index (κ1) is 22.9. The third-order valence-electron chi connectivity index (χ3n) is 6.20. The van der Waals surface area contributed by atoms with E-state index in [4.69, 9.17) is 4.74 Å². The Kier molecular flexibility index (Phi) is 6.99. The van der Waals surface area contributed by atoms with Crippen molar-refractivity contribution in [2.45, 2.75) is 19.8 Å². The predicted molar refractivity (Wildman–Crippen MR) is 128 cm³/mol. The molecule has 2 aliphatic heterocycles. The van der Waals surface area contributed by atoms with E-state index in [1.54, 1.807) is 31.4 Å². The third kappa shape index (κ3) is 4.73. The molecule has 2 saturated heterocycles. The number of hydrogen-bond donors (Lipinski definition) is 2. The van der Waals surface area contributed by atoms with Gasteiger partial charge in [-0.3, -0.25) is 4.79 Å². The highest BCUT2D eigenvalue weighted by Gasteiger charge is 2.25. The maximum atomic E-state index is 14.9. The zero-order valence-corrected chi connectivity index (χ0v) is 19.1. The van der Waals surface area contributed by atoms with Crippen molar-refractivity contribution in [2.24, 2.45) is 0 Å². The number of nitrogens with one attached hydrogen (secondary N) is 1. The number of methoxy groups -OCH3 is 1. The summed E-state index contributed by atoms with van der Waals surface area (Å²) in [6.07, 6.45) is 5.13. The molecule has 0 bridgehead atoms. The first-order valence-corrected chi connectivity index (χ1v) is 11.3. The molecule has 2 N–H and O–H groups in total. The van der Waals surface area contributed by atoms with Crippen LogP contribution in [0.2, 0.25) is 0 Å². The molecule has 2 aliphatic rings. The normalized spacial score (nSPS) is 17.6. The second kappa shape index (κ2) is 10.1. The van der Waals surface area contributed by atoms with Crippen molar-refractivity contribution in [1.29, 1.82) is 0 Å². The highest BCUT2D eigenvalue weighted by Crippen LogP contribution is 2.38. The smallest absolute Gasteiger partial charge is 0.227 e. The van der Waals surface area contributed by atoms with Crippen LogP contribution in [0.25, 0.3) is 16.9 Å². The first-order chi connectivity index (χ1) is 16.0. The van der Waals surface area contributed by atoms with Gasteiger partial charge in [-0.15, -0.1) is 0 Å². The molecule has 2 fully saturated rings. The number of hydrogen-bond acceptors (Lipinski definition) is 5. The van der Waals surface area contributed by atoms with Gasteiger partial charge in [0.15, 0.2) is 0 Å². The number of carbonyl (C=O) groups is 1. The van der Waals surface area contributed by atoms with Gasteiger partial charge in [0.05, 0.1) is 18.4 Å². The fraction of sp³-hybridized carbons (Fsp3) is 0.346. The number of nitrogens with zero attached hydrogens (tertiary/aromatic N) is 2. The molecule has 174 valence electrons. The summed E-state index contributed by atoms with van der Waals surface area (Å²) < 4.78 is 20.6. The number of carbonyl (C=O) groups excluding carboxylic acids is 1. The molecule has 1 amide bonds. The molecule has 0 radical (unpaired) electrons. The first-order valence-electron chi connectivity index (χ1n) is 11.3. The van der Waals surface area contributed by atoms with Crippen LogP contribution in [0.5, 0.6) is 5.75 Å². The molecule has 7 heteroatoms. The van der Waals surface area contributed by atoms with Crippen molar-refractivity contribution >= 4 is 17.4 Å². The maximum absolute atomic E-state index is 14.9. The van der Waals surface area contributed by atoms with Gasteiger partial charge in [0.2, 0.25) is 5.91 Å². The fourth-order valence-electron chi connectivity index (χ4n) is 4.43. The van der Waals surface area contributed by atoms with E-state index < -0.39 is 5.82 Å². The summed E-state index contributed by atoms with van der Waals surface area (Å²) in [5.74, 6) is 0.00195. The number of benzene rings is 2. The molecule has 0 spiro atoms. The predicted octanol–water partition coefficient (Wildman–Crippen LogP) is 4.12. The summed E-state index contributed by atoms with van der Waals surface area (Å²) in [7, 11) is 1.57. The number of allylic oxidation sites excluding steroid dienone is 2. The number of para-hydroxylation sites is 1. The quantitative estimate of drug-likeness (QED) is 0.511. The van der Waals surface area contributed by atoms with Gasteiger partial charge in [-0.2, -0.15) is 0 Å². The van der Waals surface area contributed by atoms with Crippen molar-refractivity contribution in [1.82, 2.24) is 10.2 Å².